The molecule has 0 radical (unpaired) electrons. The van der Waals surface area contributed by atoms with Gasteiger partial charge in [0.05, 0.1) is 23.9 Å². The Kier molecular flexibility index (Phi) is 2.88. The van der Waals surface area contributed by atoms with E-state index in [0.29, 0.717) is 11.5 Å². The van der Waals surface area contributed by atoms with Gasteiger partial charge in [0.25, 0.3) is 0 Å². The van der Waals surface area contributed by atoms with Crippen molar-refractivity contribution in [1.82, 2.24) is 9.78 Å². The number of hydrogen-bond acceptors (Lipinski definition) is 3. The van der Waals surface area contributed by atoms with Crippen LogP contribution in [0.1, 0.15) is 35.8 Å². The van der Waals surface area contributed by atoms with Crippen LogP contribution in [0.5, 0.6) is 0 Å². The number of nitrogens with zero attached hydrogens (tertiary/aromatic N) is 2. The first kappa shape index (κ1) is 11.6. The van der Waals surface area contributed by atoms with E-state index in [4.69, 9.17) is 4.74 Å². The zero-order valence-electron chi connectivity index (χ0n) is 10.5. The van der Waals surface area contributed by atoms with Gasteiger partial charge < -0.3 is 4.74 Å². The second-order valence-corrected chi connectivity index (χ2v) is 4.36. The number of esters is 1. The second-order valence-electron chi connectivity index (χ2n) is 4.36. The highest BCUT2D eigenvalue weighted by atomic mass is 16.5. The predicted octanol–water partition coefficient (Wildman–Crippen LogP) is 2.48. The number of benzene rings is 1. The highest BCUT2D eigenvalue weighted by molar-refractivity contribution is 6.03. The van der Waals surface area contributed by atoms with Gasteiger partial charge in [-0.05, 0) is 12.0 Å². The minimum absolute atomic E-state index is 0.325. The molecule has 1 heterocycles. The Hall–Kier alpha value is -1.84. The van der Waals surface area contributed by atoms with E-state index in [9.17, 15) is 4.79 Å². The van der Waals surface area contributed by atoms with Crippen LogP contribution in [0.15, 0.2) is 18.2 Å². The van der Waals surface area contributed by atoms with Gasteiger partial charge >= 0.3 is 5.97 Å². The van der Waals surface area contributed by atoms with E-state index >= 15 is 0 Å². The Morgan fingerprint density at radius 2 is 2.12 bits per heavy atom. The Bertz CT molecular complexity index is 570. The lowest BCUT2D eigenvalue weighted by molar-refractivity contribution is 0.0602. The summed E-state index contributed by atoms with van der Waals surface area (Å²) in [5.74, 6) is 0.000466. The zero-order chi connectivity index (χ0) is 12.6. The van der Waals surface area contributed by atoms with Gasteiger partial charge in [-0.25, -0.2) is 4.79 Å². The van der Waals surface area contributed by atoms with Crippen LogP contribution in [0.4, 0.5) is 0 Å². The third kappa shape index (κ3) is 1.79. The highest BCUT2D eigenvalue weighted by Crippen LogP contribution is 2.26. The summed E-state index contributed by atoms with van der Waals surface area (Å²) in [6.45, 7) is 4.18. The highest BCUT2D eigenvalue weighted by Gasteiger charge is 2.18. The van der Waals surface area contributed by atoms with Crippen LogP contribution in [0, 0.1) is 0 Å². The molecule has 2 aromatic rings. The molecule has 0 amide bonds. The fourth-order valence-electron chi connectivity index (χ4n) is 2.07. The summed E-state index contributed by atoms with van der Waals surface area (Å²) in [6, 6.07) is 5.62. The molecule has 0 aliphatic rings. The van der Waals surface area contributed by atoms with Crippen molar-refractivity contribution in [3.05, 3.63) is 29.5 Å². The number of aryl methyl sites for hydroxylation is 1. The summed E-state index contributed by atoms with van der Waals surface area (Å²) >= 11 is 0. The van der Waals surface area contributed by atoms with Gasteiger partial charge in [-0.1, -0.05) is 26.0 Å². The minimum Gasteiger partial charge on any atom is -0.465 e. The Labute approximate surface area is 100 Å². The summed E-state index contributed by atoms with van der Waals surface area (Å²) in [4.78, 5) is 11.7. The molecular weight excluding hydrogens is 216 g/mol. The Balaban J connectivity index is 2.77. The largest absolute Gasteiger partial charge is 0.465 e. The number of para-hydroxylation sites is 1. The molecule has 1 aromatic carbocycles. The molecule has 4 nitrogen and oxygen atoms in total. The van der Waals surface area contributed by atoms with Crippen LogP contribution in [0.25, 0.3) is 10.9 Å². The molecule has 0 aliphatic heterocycles. The number of fused-ring (bicyclic) bond motifs is 1. The van der Waals surface area contributed by atoms with Gasteiger partial charge in [0.2, 0.25) is 0 Å². The number of aromatic nitrogens is 2. The van der Waals surface area contributed by atoms with E-state index in [1.54, 1.807) is 10.7 Å². The average Bonchev–Trinajstić information content (AvgIpc) is 2.66. The maximum atomic E-state index is 11.7. The third-order valence-electron chi connectivity index (χ3n) is 2.85. The van der Waals surface area contributed by atoms with Crippen molar-refractivity contribution < 1.29 is 9.53 Å². The van der Waals surface area contributed by atoms with Crippen molar-refractivity contribution in [2.75, 3.05) is 7.11 Å². The summed E-state index contributed by atoms with van der Waals surface area (Å²) < 4.78 is 6.54. The van der Waals surface area contributed by atoms with Crippen LogP contribution >= 0.6 is 0 Å². The van der Waals surface area contributed by atoms with E-state index in [2.05, 4.69) is 18.9 Å². The lowest BCUT2D eigenvalue weighted by atomic mass is 10.0. The molecule has 0 bridgehead atoms. The first-order chi connectivity index (χ1) is 8.06. The topological polar surface area (TPSA) is 44.1 Å². The van der Waals surface area contributed by atoms with Gasteiger partial charge in [0.1, 0.15) is 0 Å². The van der Waals surface area contributed by atoms with Crippen LogP contribution in [-0.4, -0.2) is 22.9 Å². The molecule has 0 N–H and O–H groups in total. The van der Waals surface area contributed by atoms with Gasteiger partial charge in [0, 0.05) is 12.4 Å². The monoisotopic (exact) mass is 232 g/mol. The number of carbonyl (C=O) groups excluding carboxylic acids is 1. The number of rotatable bonds is 2. The van der Waals surface area contributed by atoms with Crippen molar-refractivity contribution in [3.8, 4) is 0 Å². The molecule has 0 spiro atoms. The Morgan fingerprint density at radius 1 is 1.41 bits per heavy atom. The molecule has 1 aromatic heterocycles. The molecule has 0 atom stereocenters. The molecule has 0 saturated carbocycles. The molecular formula is C13H16N2O2. The molecule has 0 saturated heterocycles. The van der Waals surface area contributed by atoms with Gasteiger partial charge in [-0.2, -0.15) is 5.10 Å². The van der Waals surface area contributed by atoms with Crippen molar-refractivity contribution in [1.29, 1.82) is 0 Å². The number of carbonyl (C=O) groups is 1. The smallest absolute Gasteiger partial charge is 0.340 e. The average molecular weight is 232 g/mol. The molecule has 2 rings (SSSR count). The SMILES string of the molecule is COC(=O)c1cccc2c(C(C)C)nn(C)c12. The van der Waals surface area contributed by atoms with Gasteiger partial charge in [-0.3, -0.25) is 4.68 Å². The van der Waals surface area contributed by atoms with Crippen molar-refractivity contribution >= 4 is 16.9 Å². The van der Waals surface area contributed by atoms with E-state index < -0.39 is 0 Å². The van der Waals surface area contributed by atoms with Gasteiger partial charge in [-0.15, -0.1) is 0 Å². The summed E-state index contributed by atoms with van der Waals surface area (Å²) in [6.07, 6.45) is 0. The maximum Gasteiger partial charge on any atom is 0.340 e. The summed E-state index contributed by atoms with van der Waals surface area (Å²) in [5.41, 5.74) is 2.41. The minimum atomic E-state index is -0.325. The van der Waals surface area contributed by atoms with E-state index in [-0.39, 0.29) is 5.97 Å². The first-order valence-electron chi connectivity index (χ1n) is 5.60. The van der Waals surface area contributed by atoms with Gasteiger partial charge in [0.15, 0.2) is 0 Å². The van der Waals surface area contributed by atoms with Crippen LogP contribution < -0.4 is 0 Å². The fraction of sp³-hybridized carbons (Fsp3) is 0.385. The lowest BCUT2D eigenvalue weighted by Crippen LogP contribution is -2.04. The van der Waals surface area contributed by atoms with Crippen molar-refractivity contribution in [2.45, 2.75) is 19.8 Å². The maximum absolute atomic E-state index is 11.7. The fourth-order valence-corrected chi connectivity index (χ4v) is 2.07. The quantitative estimate of drug-likeness (QED) is 0.747. The predicted molar refractivity (Wildman–Crippen MR) is 66.1 cm³/mol. The van der Waals surface area contributed by atoms with Crippen LogP contribution in [0.3, 0.4) is 0 Å². The van der Waals surface area contributed by atoms with Crippen LogP contribution in [0.2, 0.25) is 0 Å². The second kappa shape index (κ2) is 4.20. The summed E-state index contributed by atoms with van der Waals surface area (Å²) in [7, 11) is 3.24. The van der Waals surface area contributed by atoms with Crippen molar-refractivity contribution in [3.63, 3.8) is 0 Å². The zero-order valence-corrected chi connectivity index (χ0v) is 10.5. The Morgan fingerprint density at radius 3 is 2.71 bits per heavy atom. The number of hydrogen-bond donors (Lipinski definition) is 0. The standard InChI is InChI=1S/C13H16N2O2/c1-8(2)11-9-6-5-7-10(13(16)17-4)12(9)15(3)14-11/h5-8H,1-4H3. The molecule has 90 valence electrons. The van der Waals surface area contributed by atoms with Crippen molar-refractivity contribution in [2.24, 2.45) is 7.05 Å². The molecule has 17 heavy (non-hydrogen) atoms. The number of methoxy groups -OCH3 is 1. The molecule has 0 aliphatic carbocycles. The first-order valence-corrected chi connectivity index (χ1v) is 5.60. The van der Waals surface area contributed by atoms with E-state index in [1.807, 2.05) is 19.2 Å². The number of ether oxygens (including phenoxy) is 1. The lowest BCUT2D eigenvalue weighted by Gasteiger charge is -2.03. The normalized spacial score (nSPS) is 11.1. The van der Waals surface area contributed by atoms with Crippen LogP contribution in [-0.2, 0) is 11.8 Å². The van der Waals surface area contributed by atoms with E-state index in [0.717, 1.165) is 16.6 Å². The third-order valence-corrected chi connectivity index (χ3v) is 2.85. The summed E-state index contributed by atoms with van der Waals surface area (Å²) in [5, 5.41) is 5.49. The molecule has 4 heteroatoms. The molecule has 0 fully saturated rings. The van der Waals surface area contributed by atoms with E-state index in [1.165, 1.54) is 7.11 Å². The molecule has 0 unspecified atom stereocenters.